The van der Waals surface area contributed by atoms with Crippen molar-refractivity contribution in [2.45, 2.75) is 58.7 Å². The van der Waals surface area contributed by atoms with Crippen molar-refractivity contribution in [1.29, 1.82) is 0 Å². The van der Waals surface area contributed by atoms with E-state index < -0.39 is 17.5 Å². The van der Waals surface area contributed by atoms with Crippen LogP contribution < -0.4 is 5.73 Å². The van der Waals surface area contributed by atoms with Crippen molar-refractivity contribution in [2.75, 3.05) is 31.9 Å². The predicted molar refractivity (Wildman–Crippen MR) is 183 cm³/mol. The Kier molecular flexibility index (Phi) is 9.12. The number of aromatic hydroxyl groups is 1. The number of nitrogen functional groups attached to an aromatic ring is 1. The Labute approximate surface area is 283 Å². The Morgan fingerprint density at radius 3 is 2.57 bits per heavy atom. The summed E-state index contributed by atoms with van der Waals surface area (Å²) < 4.78 is 27.4. The second-order valence-corrected chi connectivity index (χ2v) is 13.4. The fraction of sp³-hybridized carbons (Fsp3) is 0.361. The lowest BCUT2D eigenvalue weighted by Gasteiger charge is -2.46. The minimum atomic E-state index is -0.694. The van der Waals surface area contributed by atoms with Gasteiger partial charge in [0.25, 0.3) is 6.47 Å². The molecule has 1 saturated heterocycles. The van der Waals surface area contributed by atoms with Gasteiger partial charge in [0.05, 0.1) is 5.39 Å². The largest absolute Gasteiger partial charge is 0.508 e. The number of aryl methyl sites for hydroxylation is 1. The van der Waals surface area contributed by atoms with Gasteiger partial charge in [-0.1, -0.05) is 30.3 Å². The van der Waals surface area contributed by atoms with Crippen LogP contribution in [-0.4, -0.2) is 85.0 Å². The molecule has 3 N–H and O–H groups in total. The summed E-state index contributed by atoms with van der Waals surface area (Å²) in [5.41, 5.74) is 10.3. The first kappa shape index (κ1) is 33.6. The minimum absolute atomic E-state index is 0.125. The first-order valence-electron chi connectivity index (χ1n) is 16.1. The maximum atomic E-state index is 14.4. The van der Waals surface area contributed by atoms with Crippen LogP contribution in [0.3, 0.4) is 0 Å². The zero-order valence-electron chi connectivity index (χ0n) is 28.2. The Morgan fingerprint density at radius 1 is 1.16 bits per heavy atom. The highest BCUT2D eigenvalue weighted by atomic mass is 19.1. The highest BCUT2D eigenvalue weighted by Gasteiger charge is 2.38. The first-order chi connectivity index (χ1) is 23.3. The number of carbonyl (C=O) groups is 2. The Morgan fingerprint density at radius 2 is 1.92 bits per heavy atom. The third-order valence-corrected chi connectivity index (χ3v) is 8.85. The SMILES string of the molecule is Cc1ccccc1/C(C1=CCN(C2CN(C(=O)OC(C)(C)C)C2)CC1)=C(\OC=O)C(C)n1nc(-c2cc(O)cc(F)c2)c2c(N)ncnc21. The number of likely N-dealkylation sites (tertiary alicyclic amines) is 1. The van der Waals surface area contributed by atoms with Crippen molar-refractivity contribution >= 4 is 35.0 Å². The van der Waals surface area contributed by atoms with E-state index in [4.69, 9.17) is 20.3 Å². The maximum absolute atomic E-state index is 14.4. The molecule has 4 heterocycles. The molecule has 6 rings (SSSR count). The number of allylic oxidation sites excluding steroid dienone is 2. The fourth-order valence-electron chi connectivity index (χ4n) is 6.43. The van der Waals surface area contributed by atoms with Crippen LogP contribution in [0.4, 0.5) is 15.0 Å². The number of aromatic nitrogens is 4. The molecule has 1 atom stereocenters. The average Bonchev–Trinajstić information content (AvgIpc) is 3.41. The molecule has 2 aliphatic heterocycles. The van der Waals surface area contributed by atoms with Crippen LogP contribution in [0, 0.1) is 12.7 Å². The summed E-state index contributed by atoms with van der Waals surface area (Å²) in [7, 11) is 0. The molecule has 1 fully saturated rings. The summed E-state index contributed by atoms with van der Waals surface area (Å²) in [6, 6.07) is 11.0. The van der Waals surface area contributed by atoms with Crippen molar-refractivity contribution in [1.82, 2.24) is 29.5 Å². The summed E-state index contributed by atoms with van der Waals surface area (Å²) >= 11 is 0. The number of carbonyl (C=O) groups excluding carboxylic acids is 2. The number of nitrogens with two attached hydrogens (primary N) is 1. The molecule has 49 heavy (non-hydrogen) atoms. The van der Waals surface area contributed by atoms with Crippen LogP contribution >= 0.6 is 0 Å². The van der Waals surface area contributed by atoms with E-state index in [-0.39, 0.29) is 35.0 Å². The summed E-state index contributed by atoms with van der Waals surface area (Å²) in [6.45, 7) is 12.4. The molecule has 2 aliphatic rings. The van der Waals surface area contributed by atoms with Gasteiger partial charge in [0.2, 0.25) is 0 Å². The van der Waals surface area contributed by atoms with E-state index in [2.05, 4.69) is 20.9 Å². The van der Waals surface area contributed by atoms with Gasteiger partial charge in [-0.05, 0) is 69.9 Å². The van der Waals surface area contributed by atoms with E-state index >= 15 is 0 Å². The van der Waals surface area contributed by atoms with Crippen molar-refractivity contribution in [3.8, 4) is 17.0 Å². The molecule has 0 radical (unpaired) electrons. The standard InChI is InChI=1S/C36H40FN7O5/c1-21-8-6-7-9-28(21)29(23-10-12-42(13-11-23)26-17-43(18-26)35(47)49-36(3,4)5)32(48-20-45)22(2)44-34-30(33(38)39-19-40-34)31(41-44)24-14-25(37)16-27(46)15-24/h6-10,14-16,19-20,22,26,46H,11-13,17-18H2,1-5H3,(H2,38,39,40)/b32-29-. The van der Waals surface area contributed by atoms with Crippen molar-refractivity contribution in [2.24, 2.45) is 0 Å². The van der Waals surface area contributed by atoms with Gasteiger partial charge in [0, 0.05) is 49.4 Å². The molecular weight excluding hydrogens is 629 g/mol. The average molecular weight is 670 g/mol. The Bertz CT molecular complexity index is 1960. The molecule has 0 spiro atoms. The normalized spacial score (nSPS) is 16.9. The van der Waals surface area contributed by atoms with Crippen LogP contribution in [0.15, 0.2) is 66.2 Å². The number of fused-ring (bicyclic) bond motifs is 1. The number of hydrogen-bond acceptors (Lipinski definition) is 10. The number of phenols is 1. The van der Waals surface area contributed by atoms with Gasteiger partial charge < -0.3 is 25.2 Å². The van der Waals surface area contributed by atoms with E-state index in [0.717, 1.165) is 34.9 Å². The maximum Gasteiger partial charge on any atom is 0.410 e. The van der Waals surface area contributed by atoms with Crippen LogP contribution in [0.2, 0.25) is 0 Å². The van der Waals surface area contributed by atoms with Gasteiger partial charge in [-0.25, -0.2) is 23.8 Å². The van der Waals surface area contributed by atoms with Gasteiger partial charge in [-0.15, -0.1) is 0 Å². The lowest BCUT2D eigenvalue weighted by Crippen LogP contribution is -2.62. The molecule has 1 amide bonds. The highest BCUT2D eigenvalue weighted by molar-refractivity contribution is 5.98. The number of amides is 1. The van der Waals surface area contributed by atoms with Crippen molar-refractivity contribution in [3.05, 3.63) is 83.1 Å². The van der Waals surface area contributed by atoms with Crippen LogP contribution in [0.1, 0.15) is 51.3 Å². The summed E-state index contributed by atoms with van der Waals surface area (Å²) in [4.78, 5) is 37.3. The van der Waals surface area contributed by atoms with E-state index in [9.17, 15) is 19.1 Å². The zero-order valence-corrected chi connectivity index (χ0v) is 28.2. The third-order valence-electron chi connectivity index (χ3n) is 8.85. The van der Waals surface area contributed by atoms with E-state index in [1.807, 2.05) is 58.9 Å². The van der Waals surface area contributed by atoms with E-state index in [0.29, 0.717) is 49.3 Å². The second kappa shape index (κ2) is 13.3. The molecule has 12 nitrogen and oxygen atoms in total. The number of hydrogen-bond donors (Lipinski definition) is 2. The molecule has 1 unspecified atom stereocenters. The number of ether oxygens (including phenoxy) is 2. The number of rotatable bonds is 8. The number of benzene rings is 2. The molecule has 256 valence electrons. The Balaban J connectivity index is 1.39. The molecule has 2 aromatic heterocycles. The molecule has 2 aromatic carbocycles. The molecule has 4 aromatic rings. The third kappa shape index (κ3) is 6.84. The topological polar surface area (TPSA) is 149 Å². The van der Waals surface area contributed by atoms with Gasteiger partial charge in [-0.2, -0.15) is 5.10 Å². The molecule has 13 heteroatoms. The number of anilines is 1. The smallest absolute Gasteiger partial charge is 0.410 e. The lowest BCUT2D eigenvalue weighted by atomic mass is 9.88. The summed E-state index contributed by atoms with van der Waals surface area (Å²) in [6.07, 6.45) is 3.81. The number of halogens is 1. The second-order valence-electron chi connectivity index (χ2n) is 13.4. The van der Waals surface area contributed by atoms with Crippen LogP contribution in [0.5, 0.6) is 5.75 Å². The first-order valence-corrected chi connectivity index (χ1v) is 16.1. The fourth-order valence-corrected chi connectivity index (χ4v) is 6.43. The lowest BCUT2D eigenvalue weighted by molar-refractivity contribution is -0.125. The minimum Gasteiger partial charge on any atom is -0.508 e. The van der Waals surface area contributed by atoms with Gasteiger partial charge in [0.1, 0.15) is 46.8 Å². The quantitative estimate of drug-likeness (QED) is 0.179. The van der Waals surface area contributed by atoms with Crippen molar-refractivity contribution in [3.63, 3.8) is 0 Å². The molecule has 0 bridgehead atoms. The number of phenolic OH excluding ortho intramolecular Hbond substituents is 1. The molecular formula is C36H40FN7O5. The monoisotopic (exact) mass is 669 g/mol. The van der Waals surface area contributed by atoms with E-state index in [1.165, 1.54) is 18.5 Å². The zero-order chi connectivity index (χ0) is 35.0. The van der Waals surface area contributed by atoms with Crippen LogP contribution in [0.25, 0.3) is 27.9 Å². The van der Waals surface area contributed by atoms with Gasteiger partial charge in [0.15, 0.2) is 5.65 Å². The predicted octanol–water partition coefficient (Wildman–Crippen LogP) is 5.63. The Hall–Kier alpha value is -5.30. The van der Waals surface area contributed by atoms with E-state index in [1.54, 1.807) is 9.58 Å². The summed E-state index contributed by atoms with van der Waals surface area (Å²) in [5.74, 6) is -0.449. The van der Waals surface area contributed by atoms with Crippen LogP contribution in [-0.2, 0) is 14.3 Å². The van der Waals surface area contributed by atoms with Gasteiger partial charge >= 0.3 is 6.09 Å². The number of nitrogens with zero attached hydrogens (tertiary/aromatic N) is 6. The highest BCUT2D eigenvalue weighted by Crippen LogP contribution is 2.40. The van der Waals surface area contributed by atoms with Gasteiger partial charge in [-0.3, -0.25) is 9.69 Å². The molecule has 0 saturated carbocycles. The summed E-state index contributed by atoms with van der Waals surface area (Å²) in [5, 5.41) is 15.3. The molecule has 0 aliphatic carbocycles. The van der Waals surface area contributed by atoms with Crippen molar-refractivity contribution < 1.29 is 28.6 Å².